The Kier molecular flexibility index (Phi) is 4.53. The van der Waals surface area contributed by atoms with Crippen LogP contribution in [0.3, 0.4) is 0 Å². The molecule has 1 aliphatic rings. The molecule has 1 aliphatic heterocycles. The van der Waals surface area contributed by atoms with Gasteiger partial charge in [-0.2, -0.15) is 10.1 Å². The molecule has 0 aromatic heterocycles. The van der Waals surface area contributed by atoms with E-state index < -0.39 is 5.92 Å². The molecule has 1 N–H and O–H groups in total. The number of para-hydroxylation sites is 1. The maximum atomic E-state index is 12.6. The molecule has 0 bridgehead atoms. The second-order valence-electron chi connectivity index (χ2n) is 5.78. The van der Waals surface area contributed by atoms with E-state index in [0.29, 0.717) is 11.4 Å². The molecule has 0 fully saturated rings. The molecule has 0 saturated carbocycles. The first-order valence-corrected chi connectivity index (χ1v) is 7.75. The zero-order chi connectivity index (χ0) is 17.1. The summed E-state index contributed by atoms with van der Waals surface area (Å²) in [6.07, 6.45) is 0.139. The predicted molar refractivity (Wildman–Crippen MR) is 91.6 cm³/mol. The van der Waals surface area contributed by atoms with E-state index in [0.717, 1.165) is 11.1 Å². The molecule has 3 rings (SSSR count). The maximum Gasteiger partial charge on any atom is 0.263 e. The van der Waals surface area contributed by atoms with Crippen LogP contribution in [0.4, 0.5) is 5.69 Å². The second-order valence-corrected chi connectivity index (χ2v) is 5.78. The van der Waals surface area contributed by atoms with Crippen molar-refractivity contribution < 1.29 is 14.7 Å². The third-order valence-electron chi connectivity index (χ3n) is 4.01. The number of nitrogens with zero attached hydrogens (tertiary/aromatic N) is 2. The van der Waals surface area contributed by atoms with Gasteiger partial charge in [-0.3, -0.25) is 9.59 Å². The van der Waals surface area contributed by atoms with Crippen molar-refractivity contribution in [2.24, 2.45) is 11.0 Å². The van der Waals surface area contributed by atoms with E-state index in [2.05, 4.69) is 5.10 Å². The van der Waals surface area contributed by atoms with Gasteiger partial charge in [-0.15, -0.1) is 0 Å². The van der Waals surface area contributed by atoms with Crippen LogP contribution in [0, 0.1) is 5.92 Å². The number of aliphatic hydroxyl groups is 1. The van der Waals surface area contributed by atoms with Crippen LogP contribution < -0.4 is 5.01 Å². The Morgan fingerprint density at radius 2 is 1.83 bits per heavy atom. The first kappa shape index (κ1) is 16.1. The van der Waals surface area contributed by atoms with Gasteiger partial charge in [0.05, 0.1) is 18.0 Å². The fourth-order valence-electron chi connectivity index (χ4n) is 2.83. The number of ketones is 1. The average Bonchev–Trinajstić information content (AvgIpc) is 2.90. The van der Waals surface area contributed by atoms with Crippen LogP contribution in [0.2, 0.25) is 0 Å². The molecule has 1 unspecified atom stereocenters. The Labute approximate surface area is 140 Å². The topological polar surface area (TPSA) is 70.0 Å². The summed E-state index contributed by atoms with van der Waals surface area (Å²) in [4.78, 5) is 25.2. The number of rotatable bonds is 5. The van der Waals surface area contributed by atoms with Gasteiger partial charge in [0.2, 0.25) is 0 Å². The van der Waals surface area contributed by atoms with E-state index in [1.54, 1.807) is 37.3 Å². The minimum Gasteiger partial charge on any atom is -0.392 e. The summed E-state index contributed by atoms with van der Waals surface area (Å²) in [7, 11) is 0. The Balaban J connectivity index is 1.78. The van der Waals surface area contributed by atoms with Crippen molar-refractivity contribution >= 4 is 23.1 Å². The highest BCUT2D eigenvalue weighted by Crippen LogP contribution is 2.25. The third kappa shape index (κ3) is 3.12. The zero-order valence-electron chi connectivity index (χ0n) is 13.3. The van der Waals surface area contributed by atoms with Gasteiger partial charge in [-0.05, 0) is 30.2 Å². The van der Waals surface area contributed by atoms with Crippen LogP contribution in [-0.2, 0) is 22.6 Å². The highest BCUT2D eigenvalue weighted by Gasteiger charge is 2.39. The summed E-state index contributed by atoms with van der Waals surface area (Å²) in [5, 5.41) is 14.7. The molecule has 0 aliphatic carbocycles. The van der Waals surface area contributed by atoms with Crippen LogP contribution in [0.5, 0.6) is 0 Å². The van der Waals surface area contributed by atoms with Crippen molar-refractivity contribution in [2.45, 2.75) is 20.0 Å². The third-order valence-corrected chi connectivity index (χ3v) is 4.01. The fraction of sp³-hybridized carbons (Fsp3) is 0.211. The zero-order valence-corrected chi connectivity index (χ0v) is 13.3. The summed E-state index contributed by atoms with van der Waals surface area (Å²) < 4.78 is 0. The van der Waals surface area contributed by atoms with Crippen LogP contribution >= 0.6 is 0 Å². The number of benzene rings is 2. The highest BCUT2D eigenvalue weighted by atomic mass is 16.3. The summed E-state index contributed by atoms with van der Waals surface area (Å²) >= 11 is 0. The number of carbonyl (C=O) groups excluding carboxylic acids is 2. The van der Waals surface area contributed by atoms with Crippen LogP contribution in [0.1, 0.15) is 18.1 Å². The lowest BCUT2D eigenvalue weighted by Gasteiger charge is -2.14. The second kappa shape index (κ2) is 6.76. The average molecular weight is 322 g/mol. The Bertz CT molecular complexity index is 799. The molecule has 2 aromatic carbocycles. The van der Waals surface area contributed by atoms with Crippen molar-refractivity contribution in [1.82, 2.24) is 0 Å². The lowest BCUT2D eigenvalue weighted by atomic mass is 9.93. The van der Waals surface area contributed by atoms with Gasteiger partial charge in [0.1, 0.15) is 5.92 Å². The van der Waals surface area contributed by atoms with Gasteiger partial charge in [0.15, 0.2) is 5.78 Å². The molecule has 122 valence electrons. The largest absolute Gasteiger partial charge is 0.392 e. The normalized spacial score (nSPS) is 17.1. The number of aliphatic hydroxyl groups excluding tert-OH is 1. The van der Waals surface area contributed by atoms with Gasteiger partial charge in [-0.25, -0.2) is 0 Å². The lowest BCUT2D eigenvalue weighted by molar-refractivity contribution is -0.128. The first-order valence-electron chi connectivity index (χ1n) is 7.75. The van der Waals surface area contributed by atoms with Gasteiger partial charge >= 0.3 is 0 Å². The number of Topliss-reactive ketones (excluding diaryl/α,β-unsaturated/α-hetero) is 1. The molecule has 1 heterocycles. The summed E-state index contributed by atoms with van der Waals surface area (Å²) in [5.41, 5.74) is 2.69. The van der Waals surface area contributed by atoms with E-state index in [9.17, 15) is 14.7 Å². The van der Waals surface area contributed by atoms with E-state index in [-0.39, 0.29) is 24.7 Å². The number of hydrogen-bond donors (Lipinski definition) is 1. The van der Waals surface area contributed by atoms with Crippen molar-refractivity contribution in [2.75, 3.05) is 5.01 Å². The summed E-state index contributed by atoms with van der Waals surface area (Å²) in [6, 6.07) is 16.2. The van der Waals surface area contributed by atoms with E-state index in [1.165, 1.54) is 5.01 Å². The number of hydrazone groups is 1. The summed E-state index contributed by atoms with van der Waals surface area (Å²) in [5.74, 6) is -1.35. The number of anilines is 1. The van der Waals surface area contributed by atoms with Crippen molar-refractivity contribution in [3.63, 3.8) is 0 Å². The molecule has 24 heavy (non-hydrogen) atoms. The quantitative estimate of drug-likeness (QED) is 0.859. The molecular weight excluding hydrogens is 304 g/mol. The van der Waals surface area contributed by atoms with E-state index in [4.69, 9.17) is 0 Å². The smallest absolute Gasteiger partial charge is 0.263 e. The van der Waals surface area contributed by atoms with Crippen molar-refractivity contribution in [1.29, 1.82) is 0 Å². The molecule has 5 nitrogen and oxygen atoms in total. The van der Waals surface area contributed by atoms with Gasteiger partial charge in [0.25, 0.3) is 5.91 Å². The number of hydrogen-bond acceptors (Lipinski definition) is 4. The van der Waals surface area contributed by atoms with Gasteiger partial charge in [-0.1, -0.05) is 42.5 Å². The lowest BCUT2D eigenvalue weighted by Crippen LogP contribution is -2.33. The van der Waals surface area contributed by atoms with Gasteiger partial charge < -0.3 is 5.11 Å². The summed E-state index contributed by atoms with van der Waals surface area (Å²) in [6.45, 7) is 1.63. The highest BCUT2D eigenvalue weighted by molar-refractivity contribution is 6.27. The Morgan fingerprint density at radius 1 is 1.12 bits per heavy atom. The molecule has 1 atom stereocenters. The van der Waals surface area contributed by atoms with Crippen molar-refractivity contribution in [3.8, 4) is 0 Å². The number of amides is 1. The molecule has 5 heteroatoms. The monoisotopic (exact) mass is 322 g/mol. The molecular formula is C19H18N2O3. The SMILES string of the molecule is CC1=NN(c2ccccc2)C(=O)C1C(=O)Cc1cccc(CO)c1. The van der Waals surface area contributed by atoms with E-state index >= 15 is 0 Å². The standard InChI is InChI=1S/C19H18N2O3/c1-13-18(17(23)11-14-6-5-7-15(10-14)12-22)19(24)21(20-13)16-8-3-2-4-9-16/h2-10,18,22H,11-12H2,1H3. The first-order chi connectivity index (χ1) is 11.6. The molecule has 2 aromatic rings. The van der Waals surface area contributed by atoms with E-state index in [1.807, 2.05) is 24.3 Å². The van der Waals surface area contributed by atoms with Crippen LogP contribution in [0.15, 0.2) is 59.7 Å². The fourth-order valence-corrected chi connectivity index (χ4v) is 2.83. The predicted octanol–water partition coefficient (Wildman–Crippen LogP) is 2.33. The Hall–Kier alpha value is -2.79. The Morgan fingerprint density at radius 3 is 2.54 bits per heavy atom. The molecule has 0 spiro atoms. The van der Waals surface area contributed by atoms with Crippen LogP contribution in [0.25, 0.3) is 0 Å². The molecule has 0 radical (unpaired) electrons. The molecule has 0 saturated heterocycles. The minimum absolute atomic E-state index is 0.0767. The van der Waals surface area contributed by atoms with Gasteiger partial charge in [0, 0.05) is 6.42 Å². The molecule has 1 amide bonds. The van der Waals surface area contributed by atoms with Crippen LogP contribution in [-0.4, -0.2) is 22.5 Å². The van der Waals surface area contributed by atoms with Crippen molar-refractivity contribution in [3.05, 3.63) is 65.7 Å². The number of carbonyl (C=O) groups is 2. The minimum atomic E-state index is -0.844. The maximum absolute atomic E-state index is 12.6.